The normalized spacial score (nSPS) is 12.1. The van der Waals surface area contributed by atoms with Gasteiger partial charge in [0, 0.05) is 0 Å². The van der Waals surface area contributed by atoms with E-state index in [1.54, 1.807) is 22.9 Å². The van der Waals surface area contributed by atoms with Gasteiger partial charge in [-0.1, -0.05) is 48.3 Å². The molecule has 0 aliphatic heterocycles. The molecule has 1 N–H and O–H groups in total. The Morgan fingerprint density at radius 3 is 2.61 bits per heavy atom. The fourth-order valence-electron chi connectivity index (χ4n) is 3.59. The van der Waals surface area contributed by atoms with E-state index < -0.39 is 5.97 Å². The van der Waals surface area contributed by atoms with Gasteiger partial charge in [-0.25, -0.2) is 9.78 Å². The highest BCUT2D eigenvalue weighted by atomic mass is 35.5. The number of carbonyl (C=O) groups is 1. The summed E-state index contributed by atoms with van der Waals surface area (Å²) in [4.78, 5) is 25.1. The highest BCUT2D eigenvalue weighted by molar-refractivity contribution is 7.71. The van der Waals surface area contributed by atoms with Crippen molar-refractivity contribution in [2.24, 2.45) is 0 Å². The summed E-state index contributed by atoms with van der Waals surface area (Å²) < 4.78 is 7.20. The van der Waals surface area contributed by atoms with Gasteiger partial charge in [-0.3, -0.25) is 4.98 Å². The molecule has 1 unspecified atom stereocenters. The number of imidazole rings is 1. The van der Waals surface area contributed by atoms with Gasteiger partial charge in [0.15, 0.2) is 10.5 Å². The van der Waals surface area contributed by atoms with Gasteiger partial charge in [0.1, 0.15) is 5.69 Å². The van der Waals surface area contributed by atoms with Gasteiger partial charge in [0.05, 0.1) is 46.1 Å². The van der Waals surface area contributed by atoms with Crippen molar-refractivity contribution < 1.29 is 9.53 Å². The van der Waals surface area contributed by atoms with Crippen LogP contribution in [0.1, 0.15) is 35.4 Å². The van der Waals surface area contributed by atoms with Gasteiger partial charge in [0.2, 0.25) is 0 Å². The summed E-state index contributed by atoms with van der Waals surface area (Å²) >= 11 is 17.9. The quantitative estimate of drug-likeness (QED) is 0.274. The second-order valence-corrected chi connectivity index (χ2v) is 8.06. The molecule has 0 saturated carbocycles. The molecule has 0 spiro atoms. The number of methoxy groups -OCH3 is 1. The maximum Gasteiger partial charge on any atom is 0.357 e. The number of H-pyrrole nitrogens is 1. The number of halogens is 2. The highest BCUT2D eigenvalue weighted by Crippen LogP contribution is 2.33. The van der Waals surface area contributed by atoms with E-state index in [2.05, 4.69) is 15.0 Å². The molecule has 0 amide bonds. The average Bonchev–Trinajstić information content (AvgIpc) is 3.12. The number of hydrogen-bond donors (Lipinski definition) is 1. The Morgan fingerprint density at radius 1 is 1.19 bits per heavy atom. The van der Waals surface area contributed by atoms with E-state index >= 15 is 0 Å². The number of esters is 1. The second kappa shape index (κ2) is 8.78. The number of carbonyl (C=O) groups excluding carboxylic acids is 1. The Hall–Kier alpha value is -2.74. The lowest BCUT2D eigenvalue weighted by atomic mass is 10.0. The van der Waals surface area contributed by atoms with Gasteiger partial charge in [-0.2, -0.15) is 0 Å². The van der Waals surface area contributed by atoms with Crippen molar-refractivity contribution in [3.05, 3.63) is 74.7 Å². The van der Waals surface area contributed by atoms with Gasteiger partial charge in [-0.05, 0) is 48.5 Å². The van der Waals surface area contributed by atoms with Crippen LogP contribution < -0.4 is 0 Å². The number of benzene rings is 2. The van der Waals surface area contributed by atoms with E-state index in [0.717, 1.165) is 11.1 Å². The van der Waals surface area contributed by atoms with Crippen LogP contribution in [0, 0.1) is 4.77 Å². The number of nitrogens with zero attached hydrogens (tertiary/aromatic N) is 3. The highest BCUT2D eigenvalue weighted by Gasteiger charge is 2.27. The Kier molecular flexibility index (Phi) is 6.09. The molecule has 2 heterocycles. The number of ether oxygens (including phenoxy) is 1. The van der Waals surface area contributed by atoms with Crippen LogP contribution in [0.25, 0.3) is 22.4 Å². The second-order valence-electron chi connectivity index (χ2n) is 6.86. The van der Waals surface area contributed by atoms with Gasteiger partial charge < -0.3 is 14.3 Å². The fourth-order valence-corrected chi connectivity index (χ4v) is 4.22. The van der Waals surface area contributed by atoms with Gasteiger partial charge >= 0.3 is 5.97 Å². The Morgan fingerprint density at radius 2 is 1.94 bits per heavy atom. The lowest BCUT2D eigenvalue weighted by Crippen LogP contribution is -2.18. The number of rotatable bonds is 5. The Balaban J connectivity index is 1.94. The molecular weight excluding hydrogens is 455 g/mol. The summed E-state index contributed by atoms with van der Waals surface area (Å²) in [6.45, 7) is 2.00. The zero-order valence-corrected chi connectivity index (χ0v) is 19.1. The molecule has 9 heteroatoms. The van der Waals surface area contributed by atoms with Crippen LogP contribution in [-0.2, 0) is 4.74 Å². The van der Waals surface area contributed by atoms with Crippen LogP contribution >= 0.6 is 35.4 Å². The van der Waals surface area contributed by atoms with Crippen LogP contribution in [0.2, 0.25) is 10.0 Å². The average molecular weight is 473 g/mol. The van der Waals surface area contributed by atoms with E-state index in [4.69, 9.17) is 40.2 Å². The molecule has 2 aromatic carbocycles. The first-order valence-electron chi connectivity index (χ1n) is 9.54. The molecule has 2 aromatic heterocycles. The number of para-hydroxylation sites is 2. The molecule has 1 atom stereocenters. The minimum Gasteiger partial charge on any atom is -0.464 e. The van der Waals surface area contributed by atoms with Crippen LogP contribution in [0.5, 0.6) is 0 Å². The number of nitrogens with one attached hydrogen (secondary N) is 1. The maximum absolute atomic E-state index is 12.9. The van der Waals surface area contributed by atoms with Crippen LogP contribution in [-0.4, -0.2) is 32.6 Å². The van der Waals surface area contributed by atoms with E-state index in [1.807, 2.05) is 37.3 Å². The number of hydrogen-bond acceptors (Lipinski definition) is 5. The number of fused-ring (bicyclic) bond motifs is 1. The molecule has 0 bridgehead atoms. The lowest BCUT2D eigenvalue weighted by molar-refractivity contribution is 0.0587. The smallest absolute Gasteiger partial charge is 0.357 e. The van der Waals surface area contributed by atoms with E-state index in [1.165, 1.54) is 7.11 Å². The van der Waals surface area contributed by atoms with Crippen molar-refractivity contribution in [2.75, 3.05) is 7.11 Å². The molecule has 158 valence electrons. The minimum atomic E-state index is -0.532. The van der Waals surface area contributed by atoms with E-state index in [9.17, 15) is 4.79 Å². The standard InChI is InChI=1S/C22H18Cl2N4O2S/c1-3-18(12-8-9-13(23)14(24)10-12)28-20(21(29)30-2)19(27-22(28)31)17-11-25-15-6-4-5-7-16(15)26-17/h4-11,18H,3H2,1-2H3,(H,27,31). The van der Waals surface area contributed by atoms with Crippen molar-refractivity contribution in [3.63, 3.8) is 0 Å². The molecule has 0 aliphatic rings. The van der Waals surface area contributed by atoms with Crippen molar-refractivity contribution in [3.8, 4) is 11.4 Å². The summed E-state index contributed by atoms with van der Waals surface area (Å²) in [6, 6.07) is 12.6. The largest absolute Gasteiger partial charge is 0.464 e. The van der Waals surface area contributed by atoms with Crippen molar-refractivity contribution in [1.82, 2.24) is 19.5 Å². The first-order chi connectivity index (χ1) is 14.9. The zero-order chi connectivity index (χ0) is 22.1. The number of aromatic amines is 1. The van der Waals surface area contributed by atoms with Crippen LogP contribution in [0.15, 0.2) is 48.7 Å². The Bertz CT molecular complexity index is 1350. The molecule has 0 aliphatic carbocycles. The third-order valence-corrected chi connectivity index (χ3v) is 6.08. The minimum absolute atomic E-state index is 0.269. The Labute approximate surface area is 193 Å². The maximum atomic E-state index is 12.9. The van der Waals surface area contributed by atoms with Crippen LogP contribution in [0.4, 0.5) is 0 Å². The van der Waals surface area contributed by atoms with Gasteiger partial charge in [-0.15, -0.1) is 0 Å². The molecule has 31 heavy (non-hydrogen) atoms. The summed E-state index contributed by atoms with van der Waals surface area (Å²) in [5.74, 6) is -0.532. The fraction of sp³-hybridized carbons (Fsp3) is 0.182. The third-order valence-electron chi connectivity index (χ3n) is 5.04. The summed E-state index contributed by atoms with van der Waals surface area (Å²) in [5, 5.41) is 0.887. The summed E-state index contributed by atoms with van der Waals surface area (Å²) in [7, 11) is 1.33. The molecule has 0 saturated heterocycles. The predicted octanol–water partition coefficient (Wildman–Crippen LogP) is 6.25. The third kappa shape index (κ3) is 3.96. The van der Waals surface area contributed by atoms with Crippen molar-refractivity contribution in [1.29, 1.82) is 0 Å². The van der Waals surface area contributed by atoms with Crippen LogP contribution in [0.3, 0.4) is 0 Å². The molecule has 0 fully saturated rings. The topological polar surface area (TPSA) is 72.8 Å². The first kappa shape index (κ1) is 21.5. The first-order valence-corrected chi connectivity index (χ1v) is 10.7. The molecule has 6 nitrogen and oxygen atoms in total. The van der Waals surface area contributed by atoms with Crippen molar-refractivity contribution in [2.45, 2.75) is 19.4 Å². The SMILES string of the molecule is CCC(c1ccc(Cl)c(Cl)c1)n1c(C(=O)OC)c(-c2cnc3ccccc3n2)[nH]c1=S. The van der Waals surface area contributed by atoms with E-state index in [-0.39, 0.29) is 11.7 Å². The molecular formula is C22H18Cl2N4O2S. The summed E-state index contributed by atoms with van der Waals surface area (Å²) in [5.41, 5.74) is 3.55. The predicted molar refractivity (Wildman–Crippen MR) is 124 cm³/mol. The molecule has 4 aromatic rings. The molecule has 0 radical (unpaired) electrons. The van der Waals surface area contributed by atoms with E-state index in [0.29, 0.717) is 38.1 Å². The number of aromatic nitrogens is 4. The zero-order valence-electron chi connectivity index (χ0n) is 16.7. The molecule has 4 rings (SSSR count). The van der Waals surface area contributed by atoms with Gasteiger partial charge in [0.25, 0.3) is 0 Å². The monoisotopic (exact) mass is 472 g/mol. The lowest BCUT2D eigenvalue weighted by Gasteiger charge is -2.20. The summed E-state index contributed by atoms with van der Waals surface area (Å²) in [6.07, 6.45) is 2.26. The van der Waals surface area contributed by atoms with Crippen molar-refractivity contribution >= 4 is 52.4 Å².